The fourth-order valence-electron chi connectivity index (χ4n) is 5.09. The van der Waals surface area contributed by atoms with Crippen molar-refractivity contribution in [3.05, 3.63) is 35.4 Å². The molecule has 1 nitrogen and oxygen atoms in total. The summed E-state index contributed by atoms with van der Waals surface area (Å²) in [6, 6.07) is 9.88. The Labute approximate surface area is 110 Å². The molecule has 2 heterocycles. The van der Waals surface area contributed by atoms with Gasteiger partial charge in [0.1, 0.15) is 0 Å². The van der Waals surface area contributed by atoms with E-state index in [0.29, 0.717) is 0 Å². The zero-order valence-electron chi connectivity index (χ0n) is 11.3. The van der Waals surface area contributed by atoms with Crippen molar-refractivity contribution in [2.24, 2.45) is 11.8 Å². The summed E-state index contributed by atoms with van der Waals surface area (Å²) in [5.74, 6) is 1.84. The third kappa shape index (κ3) is 1.43. The van der Waals surface area contributed by atoms with E-state index >= 15 is 0 Å². The molecule has 1 saturated carbocycles. The molecule has 1 aliphatic carbocycles. The first-order valence-electron chi connectivity index (χ1n) is 7.63. The van der Waals surface area contributed by atoms with Gasteiger partial charge in [-0.25, -0.2) is 0 Å². The van der Waals surface area contributed by atoms with Crippen molar-refractivity contribution in [3.63, 3.8) is 0 Å². The molecule has 96 valence electrons. The van der Waals surface area contributed by atoms with E-state index in [-0.39, 0.29) is 5.54 Å². The molecular formula is C17H23N. The zero-order valence-corrected chi connectivity index (χ0v) is 11.3. The van der Waals surface area contributed by atoms with Gasteiger partial charge in [-0.15, -0.1) is 0 Å². The van der Waals surface area contributed by atoms with E-state index < -0.39 is 0 Å². The number of hydrogen-bond donors (Lipinski definition) is 1. The van der Waals surface area contributed by atoms with E-state index in [9.17, 15) is 0 Å². The van der Waals surface area contributed by atoms with Crippen LogP contribution in [0.2, 0.25) is 0 Å². The van der Waals surface area contributed by atoms with Crippen molar-refractivity contribution in [2.75, 3.05) is 0 Å². The third-order valence-corrected chi connectivity index (χ3v) is 5.79. The number of fused-ring (bicyclic) bond motifs is 6. The van der Waals surface area contributed by atoms with Crippen LogP contribution in [-0.4, -0.2) is 6.04 Å². The van der Waals surface area contributed by atoms with Gasteiger partial charge in [0.15, 0.2) is 0 Å². The second-order valence-corrected chi connectivity index (χ2v) is 6.79. The maximum absolute atomic E-state index is 3.98. The van der Waals surface area contributed by atoms with Crippen LogP contribution < -0.4 is 5.32 Å². The number of piperidine rings is 1. The maximum Gasteiger partial charge on any atom is 0.0442 e. The lowest BCUT2D eigenvalue weighted by atomic mass is 9.59. The van der Waals surface area contributed by atoms with Gasteiger partial charge in [0.05, 0.1) is 0 Å². The molecule has 2 fully saturated rings. The molecule has 4 atom stereocenters. The predicted molar refractivity (Wildman–Crippen MR) is 74.5 cm³/mol. The van der Waals surface area contributed by atoms with Crippen molar-refractivity contribution in [3.8, 4) is 0 Å². The minimum Gasteiger partial charge on any atom is -0.304 e. The van der Waals surface area contributed by atoms with Gasteiger partial charge in [0, 0.05) is 11.6 Å². The second-order valence-electron chi connectivity index (χ2n) is 6.79. The summed E-state index contributed by atoms with van der Waals surface area (Å²) in [7, 11) is 0. The Morgan fingerprint density at radius 3 is 2.94 bits per heavy atom. The van der Waals surface area contributed by atoms with Crippen molar-refractivity contribution in [2.45, 2.75) is 57.0 Å². The van der Waals surface area contributed by atoms with Gasteiger partial charge in [-0.2, -0.15) is 0 Å². The van der Waals surface area contributed by atoms with Crippen molar-refractivity contribution >= 4 is 0 Å². The van der Waals surface area contributed by atoms with E-state index in [1.807, 2.05) is 0 Å². The summed E-state index contributed by atoms with van der Waals surface area (Å²) in [4.78, 5) is 0. The topological polar surface area (TPSA) is 12.0 Å². The summed E-state index contributed by atoms with van der Waals surface area (Å²) in [6.45, 7) is 2.47. The third-order valence-electron chi connectivity index (χ3n) is 5.79. The van der Waals surface area contributed by atoms with E-state index in [1.165, 1.54) is 38.5 Å². The van der Waals surface area contributed by atoms with Crippen LogP contribution in [0.5, 0.6) is 0 Å². The fraction of sp³-hybridized carbons (Fsp3) is 0.647. The fourth-order valence-corrected chi connectivity index (χ4v) is 5.09. The van der Waals surface area contributed by atoms with Gasteiger partial charge in [-0.1, -0.05) is 43.5 Å². The minimum absolute atomic E-state index is 0.253. The lowest BCUT2D eigenvalue weighted by Gasteiger charge is -2.55. The van der Waals surface area contributed by atoms with E-state index in [4.69, 9.17) is 0 Å². The number of nitrogens with one attached hydrogen (secondary N) is 1. The Bertz CT molecular complexity index is 466. The maximum atomic E-state index is 3.98. The summed E-state index contributed by atoms with van der Waals surface area (Å²) in [5.41, 5.74) is 3.45. The molecular weight excluding hydrogens is 218 g/mol. The van der Waals surface area contributed by atoms with Gasteiger partial charge >= 0.3 is 0 Å². The van der Waals surface area contributed by atoms with Crippen LogP contribution in [0.1, 0.15) is 50.2 Å². The average Bonchev–Trinajstić information content (AvgIpc) is 2.39. The van der Waals surface area contributed by atoms with Crippen LogP contribution in [0.4, 0.5) is 0 Å². The van der Waals surface area contributed by atoms with E-state index in [0.717, 1.165) is 17.9 Å². The molecule has 3 aliphatic rings. The normalized spacial score (nSPS) is 41.9. The molecule has 18 heavy (non-hydrogen) atoms. The molecule has 1 N–H and O–H groups in total. The highest BCUT2D eigenvalue weighted by atomic mass is 15.0. The van der Waals surface area contributed by atoms with Gasteiger partial charge in [-0.3, -0.25) is 0 Å². The van der Waals surface area contributed by atoms with E-state index in [1.54, 1.807) is 11.1 Å². The molecule has 2 aliphatic heterocycles. The van der Waals surface area contributed by atoms with Crippen LogP contribution in [-0.2, 0) is 12.0 Å². The lowest BCUT2D eigenvalue weighted by Crippen LogP contribution is -2.61. The van der Waals surface area contributed by atoms with Crippen molar-refractivity contribution < 1.29 is 0 Å². The Hall–Kier alpha value is -0.820. The Kier molecular flexibility index (Phi) is 2.35. The highest BCUT2D eigenvalue weighted by Crippen LogP contribution is 2.50. The highest BCUT2D eigenvalue weighted by molar-refractivity contribution is 5.38. The number of rotatable bonds is 0. The first-order chi connectivity index (χ1) is 8.77. The first kappa shape index (κ1) is 11.0. The minimum atomic E-state index is 0.253. The molecule has 4 rings (SSSR count). The zero-order chi connectivity index (χ0) is 12.2. The largest absolute Gasteiger partial charge is 0.304 e. The van der Waals surface area contributed by atoms with Gasteiger partial charge in [0.25, 0.3) is 0 Å². The summed E-state index contributed by atoms with van der Waals surface area (Å²) >= 11 is 0. The molecule has 1 heteroatoms. The summed E-state index contributed by atoms with van der Waals surface area (Å²) in [5, 5.41) is 3.98. The molecule has 1 aromatic rings. The van der Waals surface area contributed by atoms with Gasteiger partial charge in [-0.05, 0) is 49.1 Å². The molecule has 0 radical (unpaired) electrons. The van der Waals surface area contributed by atoms with Gasteiger partial charge in [0.2, 0.25) is 0 Å². The standard InChI is InChI=1S/C17H23N/c1-17-15-8-4-2-6-12(15)10-14(18-17)11-13-7-3-5-9-16(13)17/h2,4,6,8,13-14,16,18H,3,5,7,9-11H2,1H3/t13-,14?,16-,17?/m0/s1. The quantitative estimate of drug-likeness (QED) is 0.731. The molecule has 2 unspecified atom stereocenters. The molecule has 2 bridgehead atoms. The van der Waals surface area contributed by atoms with E-state index in [2.05, 4.69) is 36.5 Å². The first-order valence-corrected chi connectivity index (χ1v) is 7.63. The predicted octanol–water partition coefficient (Wildman–Crippen LogP) is 3.63. The SMILES string of the molecule is CC12NC(Cc3ccccc31)C[C@@H]1CCCC[C@@H]12. The lowest BCUT2D eigenvalue weighted by molar-refractivity contribution is 0.0319. The van der Waals surface area contributed by atoms with Gasteiger partial charge < -0.3 is 5.32 Å². The summed E-state index contributed by atoms with van der Waals surface area (Å²) in [6.07, 6.45) is 8.45. The van der Waals surface area contributed by atoms with Crippen LogP contribution in [0, 0.1) is 11.8 Å². The molecule has 0 spiro atoms. The Morgan fingerprint density at radius 2 is 2.00 bits per heavy atom. The highest BCUT2D eigenvalue weighted by Gasteiger charge is 2.49. The molecule has 0 amide bonds. The monoisotopic (exact) mass is 241 g/mol. The number of hydrogen-bond acceptors (Lipinski definition) is 1. The van der Waals surface area contributed by atoms with Crippen LogP contribution in [0.25, 0.3) is 0 Å². The van der Waals surface area contributed by atoms with Crippen molar-refractivity contribution in [1.82, 2.24) is 5.32 Å². The molecule has 1 saturated heterocycles. The average molecular weight is 241 g/mol. The van der Waals surface area contributed by atoms with Crippen LogP contribution >= 0.6 is 0 Å². The van der Waals surface area contributed by atoms with Crippen LogP contribution in [0.3, 0.4) is 0 Å². The Morgan fingerprint density at radius 1 is 1.17 bits per heavy atom. The molecule has 0 aromatic heterocycles. The van der Waals surface area contributed by atoms with Crippen LogP contribution in [0.15, 0.2) is 24.3 Å². The molecule has 1 aromatic carbocycles. The smallest absolute Gasteiger partial charge is 0.0442 e. The number of benzene rings is 1. The Balaban J connectivity index is 1.83. The summed E-state index contributed by atoms with van der Waals surface area (Å²) < 4.78 is 0. The second kappa shape index (κ2) is 3.84. The van der Waals surface area contributed by atoms with Crippen molar-refractivity contribution in [1.29, 1.82) is 0 Å².